The third kappa shape index (κ3) is 7.11. The molecule has 2 atom stereocenters. The molecule has 0 aromatic heterocycles. The Balaban J connectivity index is 1.16. The van der Waals surface area contributed by atoms with Gasteiger partial charge >= 0.3 is 0 Å². The highest BCUT2D eigenvalue weighted by Crippen LogP contribution is 2.57. The molecular formula is C52H44O5P2Si2. The first-order valence-corrected chi connectivity index (χ1v) is 28.6. The molecule has 0 bridgehead atoms. The molecule has 2 unspecified atom stereocenters. The quantitative estimate of drug-likeness (QED) is 0.0905. The van der Waals surface area contributed by atoms with Crippen LogP contribution in [0, 0.1) is 0 Å². The molecule has 8 aromatic rings. The second-order valence-corrected chi connectivity index (χ2v) is 28.1. The minimum absolute atomic E-state index is 0.258. The highest BCUT2D eigenvalue weighted by Gasteiger charge is 2.53. The summed E-state index contributed by atoms with van der Waals surface area (Å²) in [4.78, 5) is 0. The number of benzene rings is 8. The first kappa shape index (κ1) is 39.4. The monoisotopic (exact) mass is 866 g/mol. The van der Waals surface area contributed by atoms with E-state index in [1.807, 2.05) is 121 Å². The summed E-state index contributed by atoms with van der Waals surface area (Å²) < 4.78 is 53.3. The average Bonchev–Trinajstić information content (AvgIpc) is 3.33. The molecule has 0 spiro atoms. The molecule has 2 heterocycles. The smallest absolute Gasteiger partial charge is 0.277 e. The molecule has 61 heavy (non-hydrogen) atoms. The standard InChI is InChI=1S/C52H44O5P2Si2/c53-58(51-35-19-15-31-47(51)45-29-13-17-33-49(45)55-58)37-39-60(41-21-5-1-6-22-41,42-23-7-2-8-24-42)57-61(43-25-9-3-10-26-43,44-27-11-4-12-28-44)40-38-59(54)52-36-20-16-32-48(52)46-30-14-18-34-50(46)56-59/h1-36H,37-40H2. The van der Waals surface area contributed by atoms with Crippen molar-refractivity contribution >= 4 is 62.7 Å². The van der Waals surface area contributed by atoms with E-state index in [1.54, 1.807) is 0 Å². The maximum atomic E-state index is 15.7. The van der Waals surface area contributed by atoms with Crippen molar-refractivity contribution in [3.63, 3.8) is 0 Å². The van der Waals surface area contributed by atoms with E-state index in [2.05, 4.69) is 97.1 Å². The molecular weight excluding hydrogens is 823 g/mol. The summed E-state index contributed by atoms with van der Waals surface area (Å²) >= 11 is 0. The lowest BCUT2D eigenvalue weighted by molar-refractivity contribution is 0.490. The molecule has 0 saturated carbocycles. The van der Waals surface area contributed by atoms with Crippen molar-refractivity contribution in [3.8, 4) is 33.8 Å². The Labute approximate surface area is 359 Å². The Morgan fingerprint density at radius 2 is 0.623 bits per heavy atom. The Kier molecular flexibility index (Phi) is 10.5. The molecule has 9 heteroatoms. The largest absolute Gasteiger partial charge is 0.442 e. The maximum absolute atomic E-state index is 15.7. The Morgan fingerprint density at radius 1 is 0.344 bits per heavy atom. The third-order valence-corrected chi connectivity index (χ3v) is 27.7. The van der Waals surface area contributed by atoms with Crippen LogP contribution < -0.4 is 40.4 Å². The van der Waals surface area contributed by atoms with Gasteiger partial charge in [-0.1, -0.05) is 194 Å². The molecule has 0 saturated heterocycles. The van der Waals surface area contributed by atoms with Gasteiger partial charge in [0.25, 0.3) is 14.7 Å². The molecule has 8 aromatic carbocycles. The van der Waals surface area contributed by atoms with Crippen molar-refractivity contribution in [1.29, 1.82) is 0 Å². The Bertz CT molecular complexity index is 2650. The highest BCUT2D eigenvalue weighted by atomic mass is 31.2. The van der Waals surface area contributed by atoms with Crippen LogP contribution in [-0.4, -0.2) is 29.0 Å². The topological polar surface area (TPSA) is 61.8 Å². The van der Waals surface area contributed by atoms with Crippen LogP contribution in [-0.2, 0) is 13.2 Å². The number of hydrogen-bond acceptors (Lipinski definition) is 5. The predicted molar refractivity (Wildman–Crippen MR) is 256 cm³/mol. The van der Waals surface area contributed by atoms with E-state index in [-0.39, 0.29) is 12.3 Å². The first-order valence-electron chi connectivity index (χ1n) is 20.8. The zero-order valence-corrected chi connectivity index (χ0v) is 37.3. The van der Waals surface area contributed by atoms with Gasteiger partial charge in [-0.25, -0.2) is 0 Å². The van der Waals surface area contributed by atoms with Gasteiger partial charge in [0.05, 0.1) is 10.6 Å². The van der Waals surface area contributed by atoms with Crippen LogP contribution in [0.1, 0.15) is 0 Å². The maximum Gasteiger partial charge on any atom is 0.277 e. The minimum atomic E-state index is -3.49. The average molecular weight is 867 g/mol. The van der Waals surface area contributed by atoms with Crippen LogP contribution in [0.3, 0.4) is 0 Å². The van der Waals surface area contributed by atoms with E-state index in [0.29, 0.717) is 23.6 Å². The number of hydrogen-bond donors (Lipinski definition) is 0. The van der Waals surface area contributed by atoms with Crippen LogP contribution in [0.25, 0.3) is 22.3 Å². The van der Waals surface area contributed by atoms with Crippen LogP contribution in [0.2, 0.25) is 12.1 Å². The van der Waals surface area contributed by atoms with Gasteiger partial charge in [-0.3, -0.25) is 9.13 Å². The zero-order valence-electron chi connectivity index (χ0n) is 33.5. The summed E-state index contributed by atoms with van der Waals surface area (Å²) in [6.45, 7) is 0. The zero-order chi connectivity index (χ0) is 41.3. The highest BCUT2D eigenvalue weighted by molar-refractivity contribution is 7.68. The van der Waals surface area contributed by atoms with E-state index in [4.69, 9.17) is 13.2 Å². The van der Waals surface area contributed by atoms with Crippen molar-refractivity contribution in [3.05, 3.63) is 218 Å². The van der Waals surface area contributed by atoms with Gasteiger partial charge in [-0.05, 0) is 68.2 Å². The van der Waals surface area contributed by atoms with Crippen molar-refractivity contribution in [2.75, 3.05) is 12.3 Å². The lowest BCUT2D eigenvalue weighted by Crippen LogP contribution is -2.73. The number of fused-ring (bicyclic) bond motifs is 6. The fourth-order valence-corrected chi connectivity index (χ4v) is 27.5. The lowest BCUT2D eigenvalue weighted by atomic mass is 10.0. The number of para-hydroxylation sites is 2. The van der Waals surface area contributed by atoms with Crippen LogP contribution in [0.5, 0.6) is 11.5 Å². The van der Waals surface area contributed by atoms with E-state index >= 15 is 9.13 Å². The van der Waals surface area contributed by atoms with Crippen molar-refractivity contribution in [2.24, 2.45) is 0 Å². The molecule has 10 rings (SSSR count). The molecule has 300 valence electrons. The van der Waals surface area contributed by atoms with E-state index in [1.165, 1.54) is 0 Å². The Morgan fingerprint density at radius 3 is 0.967 bits per heavy atom. The van der Waals surface area contributed by atoms with Crippen molar-refractivity contribution in [1.82, 2.24) is 0 Å². The van der Waals surface area contributed by atoms with Crippen molar-refractivity contribution < 1.29 is 22.3 Å². The second kappa shape index (κ2) is 16.2. The molecule has 0 aliphatic carbocycles. The Hall–Kier alpha value is -5.79. The summed E-state index contributed by atoms with van der Waals surface area (Å²) in [6.07, 6.45) is 0.516. The summed E-state index contributed by atoms with van der Waals surface area (Å²) in [7, 11) is -13.9. The molecule has 2 aliphatic heterocycles. The van der Waals surface area contributed by atoms with Gasteiger partial charge in [0.2, 0.25) is 16.6 Å². The fourth-order valence-electron chi connectivity index (χ4n) is 9.27. The fraction of sp³-hybridized carbons (Fsp3) is 0.0769. The van der Waals surface area contributed by atoms with Crippen LogP contribution in [0.15, 0.2) is 218 Å². The van der Waals surface area contributed by atoms with Gasteiger partial charge in [-0.15, -0.1) is 0 Å². The van der Waals surface area contributed by atoms with Crippen molar-refractivity contribution in [2.45, 2.75) is 12.1 Å². The van der Waals surface area contributed by atoms with Gasteiger partial charge in [0.15, 0.2) is 0 Å². The first-order chi connectivity index (χ1) is 29.9. The van der Waals surface area contributed by atoms with E-state index < -0.39 is 31.4 Å². The SMILES string of the molecule is O=P1(CC[Si](O[Si](CCP2(=O)Oc3ccccc3-c3ccccc32)(c2ccccc2)c2ccccc2)(c2ccccc2)c2ccccc2)Oc2ccccc2-c2ccccc21. The molecule has 0 radical (unpaired) electrons. The van der Waals surface area contributed by atoms with Gasteiger partial charge in [0.1, 0.15) is 11.5 Å². The summed E-state index contributed by atoms with van der Waals surface area (Å²) in [5.74, 6) is 1.27. The van der Waals surface area contributed by atoms with Crippen LogP contribution >= 0.6 is 14.7 Å². The molecule has 5 nitrogen and oxygen atoms in total. The van der Waals surface area contributed by atoms with E-state index in [0.717, 1.165) is 53.6 Å². The lowest BCUT2D eigenvalue weighted by Gasteiger charge is -2.44. The molecule has 2 aliphatic rings. The van der Waals surface area contributed by atoms with Crippen LogP contribution in [0.4, 0.5) is 0 Å². The normalized spacial score (nSPS) is 17.7. The summed E-state index contributed by atoms with van der Waals surface area (Å²) in [5, 5.41) is 5.76. The van der Waals surface area contributed by atoms with Gasteiger partial charge in [0, 0.05) is 23.5 Å². The molecule has 0 amide bonds. The van der Waals surface area contributed by atoms with Gasteiger partial charge < -0.3 is 13.2 Å². The molecule has 0 N–H and O–H groups in total. The minimum Gasteiger partial charge on any atom is -0.442 e. The van der Waals surface area contributed by atoms with Gasteiger partial charge in [-0.2, -0.15) is 0 Å². The number of rotatable bonds is 12. The predicted octanol–water partition coefficient (Wildman–Crippen LogP) is 9.85. The second-order valence-electron chi connectivity index (χ2n) is 15.7. The van der Waals surface area contributed by atoms with E-state index in [9.17, 15) is 0 Å². The molecule has 0 fully saturated rings. The third-order valence-electron chi connectivity index (χ3n) is 12.2. The summed E-state index contributed by atoms with van der Waals surface area (Å²) in [6, 6.07) is 74.8. The summed E-state index contributed by atoms with van der Waals surface area (Å²) in [5.41, 5.74) is 3.77.